The Morgan fingerprint density at radius 1 is 1.11 bits per heavy atom. The lowest BCUT2D eigenvalue weighted by molar-refractivity contribution is 0.0944. The summed E-state index contributed by atoms with van der Waals surface area (Å²) in [6.45, 7) is 2.62. The SMILES string of the molecule is CCc1ccc(-n2ccc(C#N)c2C(=O)NCc2ccc3c(c2)OCO3)cc1. The van der Waals surface area contributed by atoms with Crippen LogP contribution in [0.3, 0.4) is 0 Å². The molecule has 0 atom stereocenters. The summed E-state index contributed by atoms with van der Waals surface area (Å²) in [6, 6.07) is 17.3. The maximum absolute atomic E-state index is 12.9. The van der Waals surface area contributed by atoms with Crippen molar-refractivity contribution in [3.05, 3.63) is 77.1 Å². The molecule has 1 amide bonds. The number of hydrogen-bond donors (Lipinski definition) is 1. The quantitative estimate of drug-likeness (QED) is 0.742. The van der Waals surface area contributed by atoms with Crippen LogP contribution in [-0.2, 0) is 13.0 Å². The topological polar surface area (TPSA) is 76.3 Å². The van der Waals surface area contributed by atoms with Gasteiger partial charge in [0.15, 0.2) is 11.5 Å². The van der Waals surface area contributed by atoms with E-state index >= 15 is 0 Å². The van der Waals surface area contributed by atoms with E-state index in [1.165, 1.54) is 5.56 Å². The van der Waals surface area contributed by atoms with E-state index in [1.807, 2.05) is 42.5 Å². The van der Waals surface area contributed by atoms with Crippen LogP contribution < -0.4 is 14.8 Å². The van der Waals surface area contributed by atoms with E-state index < -0.39 is 0 Å². The van der Waals surface area contributed by atoms with Crippen LogP contribution in [0.15, 0.2) is 54.7 Å². The Hall–Kier alpha value is -3.72. The van der Waals surface area contributed by atoms with Crippen LogP contribution in [0.25, 0.3) is 5.69 Å². The molecule has 3 aromatic rings. The number of nitrogens with one attached hydrogen (secondary N) is 1. The normalized spacial score (nSPS) is 11.9. The summed E-state index contributed by atoms with van der Waals surface area (Å²) < 4.78 is 12.4. The summed E-state index contributed by atoms with van der Waals surface area (Å²) in [5.74, 6) is 1.06. The van der Waals surface area contributed by atoms with E-state index in [0.29, 0.717) is 29.3 Å². The standard InChI is InChI=1S/C22H19N3O3/c1-2-15-3-6-18(7-4-15)25-10-9-17(12-23)21(25)22(26)24-13-16-5-8-19-20(11-16)28-14-27-19/h3-11H,2,13-14H2,1H3,(H,24,26). The number of fused-ring (bicyclic) bond motifs is 1. The number of ether oxygens (including phenoxy) is 2. The van der Waals surface area contributed by atoms with Gasteiger partial charge in [-0.15, -0.1) is 0 Å². The van der Waals surface area contributed by atoms with Gasteiger partial charge in [-0.3, -0.25) is 4.79 Å². The van der Waals surface area contributed by atoms with Gasteiger partial charge in [0.25, 0.3) is 5.91 Å². The molecule has 0 saturated heterocycles. The Morgan fingerprint density at radius 2 is 1.86 bits per heavy atom. The van der Waals surface area contributed by atoms with Gasteiger partial charge in [-0.05, 0) is 47.9 Å². The first-order valence-corrected chi connectivity index (χ1v) is 9.07. The van der Waals surface area contributed by atoms with Crippen LogP contribution in [0.5, 0.6) is 11.5 Å². The third-order valence-corrected chi connectivity index (χ3v) is 4.73. The first-order chi connectivity index (χ1) is 13.7. The zero-order valence-corrected chi connectivity index (χ0v) is 15.4. The fourth-order valence-corrected chi connectivity index (χ4v) is 3.18. The first-order valence-electron chi connectivity index (χ1n) is 9.07. The number of amides is 1. The molecule has 6 nitrogen and oxygen atoms in total. The smallest absolute Gasteiger partial charge is 0.269 e. The van der Waals surface area contributed by atoms with Crippen LogP contribution in [0.1, 0.15) is 34.1 Å². The molecule has 0 bridgehead atoms. The molecule has 0 fully saturated rings. The summed E-state index contributed by atoms with van der Waals surface area (Å²) in [4.78, 5) is 12.9. The van der Waals surface area contributed by atoms with E-state index in [9.17, 15) is 10.1 Å². The van der Waals surface area contributed by atoms with Gasteiger partial charge < -0.3 is 19.4 Å². The molecule has 4 rings (SSSR count). The summed E-state index contributed by atoms with van der Waals surface area (Å²) in [5.41, 5.74) is 3.61. The van der Waals surface area contributed by atoms with Crippen molar-refractivity contribution in [1.82, 2.24) is 9.88 Å². The lowest BCUT2D eigenvalue weighted by Crippen LogP contribution is -2.26. The Balaban J connectivity index is 1.56. The predicted octanol–water partition coefficient (Wildman–Crippen LogP) is 3.57. The zero-order valence-electron chi connectivity index (χ0n) is 15.4. The minimum atomic E-state index is -0.307. The molecule has 2 heterocycles. The second kappa shape index (κ2) is 7.49. The molecule has 1 N–H and O–H groups in total. The third kappa shape index (κ3) is 3.30. The summed E-state index contributed by atoms with van der Waals surface area (Å²) >= 11 is 0. The van der Waals surface area contributed by atoms with Crippen LogP contribution in [-0.4, -0.2) is 17.3 Å². The fraction of sp³-hybridized carbons (Fsp3) is 0.182. The maximum Gasteiger partial charge on any atom is 0.269 e. The number of rotatable bonds is 5. The molecule has 0 unspecified atom stereocenters. The highest BCUT2D eigenvalue weighted by Gasteiger charge is 2.19. The van der Waals surface area contributed by atoms with Crippen LogP contribution in [0.4, 0.5) is 0 Å². The summed E-state index contributed by atoms with van der Waals surface area (Å²) in [5, 5.41) is 12.3. The van der Waals surface area contributed by atoms with Crippen molar-refractivity contribution < 1.29 is 14.3 Å². The Bertz CT molecular complexity index is 1060. The average molecular weight is 373 g/mol. The van der Waals surface area contributed by atoms with Crippen LogP contribution in [0, 0.1) is 11.3 Å². The molecule has 0 radical (unpaired) electrons. The molecule has 2 aromatic carbocycles. The molecule has 6 heteroatoms. The number of carbonyl (C=O) groups excluding carboxylic acids is 1. The lowest BCUT2D eigenvalue weighted by atomic mass is 10.1. The van der Waals surface area contributed by atoms with E-state index in [2.05, 4.69) is 18.3 Å². The van der Waals surface area contributed by atoms with Crippen molar-refractivity contribution in [3.8, 4) is 23.3 Å². The Morgan fingerprint density at radius 3 is 2.61 bits per heavy atom. The van der Waals surface area contributed by atoms with Crippen LogP contribution in [0.2, 0.25) is 0 Å². The van der Waals surface area contributed by atoms with Crippen molar-refractivity contribution in [1.29, 1.82) is 5.26 Å². The van der Waals surface area contributed by atoms with Gasteiger partial charge in [-0.2, -0.15) is 5.26 Å². The number of aryl methyl sites for hydroxylation is 1. The minimum Gasteiger partial charge on any atom is -0.454 e. The average Bonchev–Trinajstić information content (AvgIpc) is 3.38. The van der Waals surface area contributed by atoms with Crippen molar-refractivity contribution in [2.45, 2.75) is 19.9 Å². The van der Waals surface area contributed by atoms with Gasteiger partial charge >= 0.3 is 0 Å². The van der Waals surface area contributed by atoms with Crippen molar-refractivity contribution >= 4 is 5.91 Å². The predicted molar refractivity (Wildman–Crippen MR) is 104 cm³/mol. The van der Waals surface area contributed by atoms with Crippen molar-refractivity contribution in [2.24, 2.45) is 0 Å². The Labute approximate surface area is 162 Å². The largest absolute Gasteiger partial charge is 0.454 e. The van der Waals surface area contributed by atoms with E-state index in [4.69, 9.17) is 9.47 Å². The monoisotopic (exact) mass is 373 g/mol. The van der Waals surface area contributed by atoms with E-state index in [0.717, 1.165) is 17.7 Å². The van der Waals surface area contributed by atoms with Gasteiger partial charge in [0.1, 0.15) is 11.8 Å². The molecule has 28 heavy (non-hydrogen) atoms. The summed E-state index contributed by atoms with van der Waals surface area (Å²) in [6.07, 6.45) is 2.69. The number of nitriles is 1. The van der Waals surface area contributed by atoms with Gasteiger partial charge in [0, 0.05) is 18.4 Å². The highest BCUT2D eigenvalue weighted by atomic mass is 16.7. The second-order valence-corrected chi connectivity index (χ2v) is 6.45. The molecule has 1 aliphatic heterocycles. The van der Waals surface area contributed by atoms with E-state index in [1.54, 1.807) is 16.8 Å². The highest BCUT2D eigenvalue weighted by Crippen LogP contribution is 2.32. The molecule has 0 aliphatic carbocycles. The number of hydrogen-bond acceptors (Lipinski definition) is 4. The fourth-order valence-electron chi connectivity index (χ4n) is 3.18. The maximum atomic E-state index is 12.9. The molecule has 0 spiro atoms. The van der Waals surface area contributed by atoms with Gasteiger partial charge in [0.05, 0.1) is 5.56 Å². The number of nitrogens with zero attached hydrogens (tertiary/aromatic N) is 2. The number of aromatic nitrogens is 1. The number of carbonyl (C=O) groups is 1. The minimum absolute atomic E-state index is 0.209. The van der Waals surface area contributed by atoms with Gasteiger partial charge in [0.2, 0.25) is 6.79 Å². The molecule has 140 valence electrons. The van der Waals surface area contributed by atoms with Crippen molar-refractivity contribution in [2.75, 3.05) is 6.79 Å². The first kappa shape index (κ1) is 17.7. The van der Waals surface area contributed by atoms with Gasteiger partial charge in [-0.1, -0.05) is 25.1 Å². The molecule has 1 aliphatic rings. The van der Waals surface area contributed by atoms with Gasteiger partial charge in [-0.25, -0.2) is 0 Å². The summed E-state index contributed by atoms with van der Waals surface area (Å²) in [7, 11) is 0. The number of benzene rings is 2. The van der Waals surface area contributed by atoms with Crippen molar-refractivity contribution in [3.63, 3.8) is 0 Å². The molecule has 0 saturated carbocycles. The molecular weight excluding hydrogens is 354 g/mol. The lowest BCUT2D eigenvalue weighted by Gasteiger charge is -2.11. The Kier molecular flexibility index (Phi) is 4.73. The van der Waals surface area contributed by atoms with Crippen LogP contribution >= 0.6 is 0 Å². The molecule has 1 aromatic heterocycles. The zero-order chi connectivity index (χ0) is 19.5. The highest BCUT2D eigenvalue weighted by molar-refractivity contribution is 5.95. The second-order valence-electron chi connectivity index (χ2n) is 6.45. The van der Waals surface area contributed by atoms with E-state index in [-0.39, 0.29) is 12.7 Å². The molecular formula is C22H19N3O3. The third-order valence-electron chi connectivity index (χ3n) is 4.73.